The quantitative estimate of drug-likeness (QED) is 0.906. The van der Waals surface area contributed by atoms with Gasteiger partial charge in [-0.2, -0.15) is 0 Å². The van der Waals surface area contributed by atoms with Gasteiger partial charge in [-0.3, -0.25) is 4.79 Å². The summed E-state index contributed by atoms with van der Waals surface area (Å²) < 4.78 is 0.771. The highest BCUT2D eigenvalue weighted by molar-refractivity contribution is 9.10. The van der Waals surface area contributed by atoms with Crippen molar-refractivity contribution < 1.29 is 14.7 Å². The molecule has 1 heterocycles. The van der Waals surface area contributed by atoms with Gasteiger partial charge in [0.15, 0.2) is 0 Å². The number of anilines is 1. The Hall–Kier alpha value is -1.36. The zero-order valence-corrected chi connectivity index (χ0v) is 10.0. The minimum Gasteiger partial charge on any atom is -0.478 e. The summed E-state index contributed by atoms with van der Waals surface area (Å²) in [6.45, 7) is 0.593. The average molecular weight is 284 g/mol. The van der Waals surface area contributed by atoms with Crippen LogP contribution < -0.4 is 4.90 Å². The second kappa shape index (κ2) is 4.25. The van der Waals surface area contributed by atoms with E-state index in [0.29, 0.717) is 18.7 Å². The third kappa shape index (κ3) is 1.95. The van der Waals surface area contributed by atoms with Crippen molar-refractivity contribution >= 4 is 33.5 Å². The van der Waals surface area contributed by atoms with E-state index in [1.54, 1.807) is 12.1 Å². The number of hydrogen-bond donors (Lipinski definition) is 1. The van der Waals surface area contributed by atoms with Crippen molar-refractivity contribution in [2.75, 3.05) is 11.4 Å². The minimum absolute atomic E-state index is 0.0133. The fourth-order valence-electron chi connectivity index (χ4n) is 1.81. The maximum absolute atomic E-state index is 11.6. The third-order valence-electron chi connectivity index (χ3n) is 2.55. The number of carbonyl (C=O) groups excluding carboxylic acids is 1. The van der Waals surface area contributed by atoms with Crippen LogP contribution in [-0.2, 0) is 4.79 Å². The van der Waals surface area contributed by atoms with Crippen LogP contribution in [0.4, 0.5) is 5.69 Å². The molecule has 0 unspecified atom stereocenters. The van der Waals surface area contributed by atoms with Crippen LogP contribution in [0, 0.1) is 0 Å². The lowest BCUT2D eigenvalue weighted by atomic mass is 10.1. The predicted molar refractivity (Wildman–Crippen MR) is 62.7 cm³/mol. The second-order valence-electron chi connectivity index (χ2n) is 3.62. The number of amides is 1. The molecule has 84 valence electrons. The van der Waals surface area contributed by atoms with Gasteiger partial charge in [-0.05, 0) is 24.6 Å². The van der Waals surface area contributed by atoms with Gasteiger partial charge in [-0.1, -0.05) is 15.9 Å². The Labute approximate surface area is 101 Å². The molecule has 2 rings (SSSR count). The lowest BCUT2D eigenvalue weighted by Gasteiger charge is -2.18. The van der Waals surface area contributed by atoms with Gasteiger partial charge in [0.2, 0.25) is 5.91 Å². The fourth-order valence-corrected chi connectivity index (χ4v) is 2.16. The molecule has 0 spiro atoms. The number of rotatable bonds is 2. The summed E-state index contributed by atoms with van der Waals surface area (Å²) in [6, 6.07) is 4.84. The maximum atomic E-state index is 11.6. The Bertz CT molecular complexity index is 459. The predicted octanol–water partition coefficient (Wildman–Crippen LogP) is 2.27. The molecular formula is C11H10BrNO3. The molecule has 16 heavy (non-hydrogen) atoms. The summed E-state index contributed by atoms with van der Waals surface area (Å²) in [7, 11) is 0. The van der Waals surface area contributed by atoms with E-state index in [2.05, 4.69) is 15.9 Å². The van der Waals surface area contributed by atoms with Gasteiger partial charge in [-0.15, -0.1) is 0 Å². The molecule has 1 aliphatic heterocycles. The van der Waals surface area contributed by atoms with Gasteiger partial charge >= 0.3 is 5.97 Å². The van der Waals surface area contributed by atoms with Gasteiger partial charge in [0.25, 0.3) is 0 Å². The van der Waals surface area contributed by atoms with Gasteiger partial charge in [0.1, 0.15) is 0 Å². The van der Waals surface area contributed by atoms with E-state index in [-0.39, 0.29) is 11.5 Å². The van der Waals surface area contributed by atoms with E-state index in [4.69, 9.17) is 5.11 Å². The lowest BCUT2D eigenvalue weighted by molar-refractivity contribution is -0.117. The number of aromatic carboxylic acids is 1. The third-order valence-corrected chi connectivity index (χ3v) is 3.05. The second-order valence-corrected chi connectivity index (χ2v) is 4.53. The van der Waals surface area contributed by atoms with Crippen molar-refractivity contribution in [1.29, 1.82) is 0 Å². The Morgan fingerprint density at radius 3 is 2.75 bits per heavy atom. The lowest BCUT2D eigenvalue weighted by Crippen LogP contribution is -2.25. The summed E-state index contributed by atoms with van der Waals surface area (Å²) in [5, 5.41) is 9.05. The highest BCUT2D eigenvalue weighted by Crippen LogP contribution is 2.28. The van der Waals surface area contributed by atoms with E-state index >= 15 is 0 Å². The first kappa shape index (κ1) is 11.1. The SMILES string of the molecule is O=C(O)c1ccc(Br)cc1N1CCCC1=O. The fraction of sp³-hybridized carbons (Fsp3) is 0.273. The summed E-state index contributed by atoms with van der Waals surface area (Å²) in [5.41, 5.74) is 0.642. The van der Waals surface area contributed by atoms with Gasteiger partial charge in [-0.25, -0.2) is 4.79 Å². The van der Waals surface area contributed by atoms with Crippen molar-refractivity contribution in [2.24, 2.45) is 0 Å². The van der Waals surface area contributed by atoms with Gasteiger partial charge in [0, 0.05) is 17.4 Å². The van der Waals surface area contributed by atoms with Crippen molar-refractivity contribution in [1.82, 2.24) is 0 Å². The smallest absolute Gasteiger partial charge is 0.337 e. The molecule has 0 aliphatic carbocycles. The van der Waals surface area contributed by atoms with Crippen LogP contribution in [0.15, 0.2) is 22.7 Å². The number of nitrogens with zero attached hydrogens (tertiary/aromatic N) is 1. The van der Waals surface area contributed by atoms with Crippen LogP contribution in [0.3, 0.4) is 0 Å². The Balaban J connectivity index is 2.48. The Kier molecular flexibility index (Phi) is 2.96. The van der Waals surface area contributed by atoms with E-state index in [0.717, 1.165) is 10.9 Å². The normalized spacial score (nSPS) is 15.6. The molecule has 0 bridgehead atoms. The molecule has 1 N–H and O–H groups in total. The van der Waals surface area contributed by atoms with Crippen LogP contribution in [0.1, 0.15) is 23.2 Å². The number of carboxylic acid groups (broad SMARTS) is 1. The molecule has 1 fully saturated rings. The summed E-state index contributed by atoms with van der Waals surface area (Å²) in [5.74, 6) is -1.03. The van der Waals surface area contributed by atoms with Crippen molar-refractivity contribution in [3.63, 3.8) is 0 Å². The first-order valence-corrected chi connectivity index (χ1v) is 5.72. The molecule has 0 saturated carbocycles. The zero-order chi connectivity index (χ0) is 11.7. The topological polar surface area (TPSA) is 57.6 Å². The summed E-state index contributed by atoms with van der Waals surface area (Å²) in [6.07, 6.45) is 1.27. The first-order valence-electron chi connectivity index (χ1n) is 4.93. The maximum Gasteiger partial charge on any atom is 0.337 e. The Morgan fingerprint density at radius 1 is 1.44 bits per heavy atom. The molecule has 1 aliphatic rings. The number of carbonyl (C=O) groups is 2. The van der Waals surface area contributed by atoms with E-state index < -0.39 is 5.97 Å². The molecule has 4 nitrogen and oxygen atoms in total. The monoisotopic (exact) mass is 283 g/mol. The first-order chi connectivity index (χ1) is 7.59. The summed E-state index contributed by atoms with van der Waals surface area (Å²) in [4.78, 5) is 24.2. The van der Waals surface area contributed by atoms with Crippen LogP contribution >= 0.6 is 15.9 Å². The average Bonchev–Trinajstić information content (AvgIpc) is 2.63. The highest BCUT2D eigenvalue weighted by Gasteiger charge is 2.25. The van der Waals surface area contributed by atoms with Crippen LogP contribution in [0.5, 0.6) is 0 Å². The number of hydrogen-bond acceptors (Lipinski definition) is 2. The van der Waals surface area contributed by atoms with Crippen molar-refractivity contribution in [3.05, 3.63) is 28.2 Å². The van der Waals surface area contributed by atoms with Gasteiger partial charge < -0.3 is 10.0 Å². The van der Waals surface area contributed by atoms with Crippen molar-refractivity contribution in [2.45, 2.75) is 12.8 Å². The molecule has 1 amide bonds. The molecular weight excluding hydrogens is 274 g/mol. The standard InChI is InChI=1S/C11H10BrNO3/c12-7-3-4-8(11(15)16)9(6-7)13-5-1-2-10(13)14/h3-4,6H,1-2,5H2,(H,15,16). The number of halogens is 1. The number of benzene rings is 1. The van der Waals surface area contributed by atoms with Crippen LogP contribution in [0.25, 0.3) is 0 Å². The minimum atomic E-state index is -1.01. The molecule has 5 heteroatoms. The molecule has 1 saturated heterocycles. The number of carboxylic acids is 1. The molecule has 0 atom stereocenters. The highest BCUT2D eigenvalue weighted by atomic mass is 79.9. The molecule has 1 aromatic carbocycles. The van der Waals surface area contributed by atoms with Crippen molar-refractivity contribution in [3.8, 4) is 0 Å². The van der Waals surface area contributed by atoms with Crippen LogP contribution in [-0.4, -0.2) is 23.5 Å². The van der Waals surface area contributed by atoms with Crippen LogP contribution in [0.2, 0.25) is 0 Å². The zero-order valence-electron chi connectivity index (χ0n) is 8.44. The van der Waals surface area contributed by atoms with E-state index in [9.17, 15) is 9.59 Å². The Morgan fingerprint density at radius 2 is 2.19 bits per heavy atom. The largest absolute Gasteiger partial charge is 0.478 e. The molecule has 0 radical (unpaired) electrons. The van der Waals surface area contributed by atoms with E-state index in [1.165, 1.54) is 11.0 Å². The van der Waals surface area contributed by atoms with E-state index in [1.807, 2.05) is 0 Å². The summed E-state index contributed by atoms with van der Waals surface area (Å²) >= 11 is 3.28. The molecule has 1 aromatic rings. The van der Waals surface area contributed by atoms with Gasteiger partial charge in [0.05, 0.1) is 11.3 Å². The molecule has 0 aromatic heterocycles.